The third-order valence-corrected chi connectivity index (χ3v) is 1.96. The maximum Gasteiger partial charge on any atom is 0.320 e. The molecule has 11 heavy (non-hydrogen) atoms. The Hall–Kier alpha value is -0.280. The molecule has 0 saturated carbocycles. The minimum absolute atomic E-state index is 0. The van der Waals surface area contributed by atoms with E-state index in [1.807, 2.05) is 0 Å². The summed E-state index contributed by atoms with van der Waals surface area (Å²) in [6.45, 7) is 2.94. The van der Waals surface area contributed by atoms with Crippen molar-refractivity contribution in [2.75, 3.05) is 6.54 Å². The number of piperidine rings is 1. The zero-order chi connectivity index (χ0) is 7.56. The second kappa shape index (κ2) is 4.57. The zero-order valence-electron chi connectivity index (χ0n) is 6.54. The first kappa shape index (κ1) is 10.7. The molecule has 0 aliphatic carbocycles. The Labute approximate surface area is 72.6 Å². The van der Waals surface area contributed by atoms with Crippen LogP contribution in [0.4, 0.5) is 0 Å². The van der Waals surface area contributed by atoms with E-state index in [0.29, 0.717) is 5.92 Å². The molecule has 1 rings (SSSR count). The highest BCUT2D eigenvalue weighted by molar-refractivity contribution is 5.85. The van der Waals surface area contributed by atoms with Gasteiger partial charge in [0.15, 0.2) is 0 Å². The summed E-state index contributed by atoms with van der Waals surface area (Å²) < 4.78 is 0. The third-order valence-electron chi connectivity index (χ3n) is 1.96. The molecule has 66 valence electrons. The predicted octanol–water partition coefficient (Wildman–Crippen LogP) is 0.881. The van der Waals surface area contributed by atoms with Gasteiger partial charge in [0, 0.05) is 0 Å². The van der Waals surface area contributed by atoms with Crippen molar-refractivity contribution in [3.05, 3.63) is 0 Å². The minimum atomic E-state index is -0.716. The minimum Gasteiger partial charge on any atom is -0.480 e. The molecule has 0 spiro atoms. The van der Waals surface area contributed by atoms with E-state index in [2.05, 4.69) is 12.2 Å². The molecular formula is C7H14ClNO2. The van der Waals surface area contributed by atoms with Gasteiger partial charge in [-0.1, -0.05) is 6.92 Å². The summed E-state index contributed by atoms with van der Waals surface area (Å²) in [6.07, 6.45) is 1.87. The van der Waals surface area contributed by atoms with Crippen LogP contribution in [0.5, 0.6) is 0 Å². The molecule has 1 unspecified atom stereocenters. The number of carbonyl (C=O) groups is 1. The van der Waals surface area contributed by atoms with E-state index in [1.54, 1.807) is 0 Å². The Morgan fingerprint density at radius 1 is 1.64 bits per heavy atom. The van der Waals surface area contributed by atoms with E-state index in [4.69, 9.17) is 5.11 Å². The maximum absolute atomic E-state index is 10.4. The standard InChI is InChI=1S/C7H13NO2.ClH/c1-5-2-3-8-6(4-5)7(9)10;/h5-6,8H,2-4H2,1H3,(H,9,10);1H/t5?,6-;/m0./s1. The van der Waals surface area contributed by atoms with Crippen LogP contribution in [0.3, 0.4) is 0 Å². The van der Waals surface area contributed by atoms with Crippen molar-refractivity contribution in [1.82, 2.24) is 5.32 Å². The lowest BCUT2D eigenvalue weighted by Crippen LogP contribution is -2.42. The van der Waals surface area contributed by atoms with Gasteiger partial charge in [0.05, 0.1) is 0 Å². The second-order valence-corrected chi connectivity index (χ2v) is 2.97. The fourth-order valence-electron chi connectivity index (χ4n) is 1.30. The first-order valence-electron chi connectivity index (χ1n) is 3.66. The molecule has 2 N–H and O–H groups in total. The summed E-state index contributed by atoms with van der Waals surface area (Å²) in [4.78, 5) is 10.4. The summed E-state index contributed by atoms with van der Waals surface area (Å²) >= 11 is 0. The van der Waals surface area contributed by atoms with Gasteiger partial charge in [-0.05, 0) is 25.3 Å². The van der Waals surface area contributed by atoms with Crippen LogP contribution in [0.25, 0.3) is 0 Å². The van der Waals surface area contributed by atoms with Crippen molar-refractivity contribution in [3.8, 4) is 0 Å². The molecule has 1 heterocycles. The molecule has 0 aromatic carbocycles. The molecule has 0 amide bonds. The van der Waals surface area contributed by atoms with Gasteiger partial charge in [0.1, 0.15) is 6.04 Å². The third kappa shape index (κ3) is 3.08. The number of carboxylic acid groups (broad SMARTS) is 1. The van der Waals surface area contributed by atoms with Gasteiger partial charge >= 0.3 is 5.97 Å². The summed E-state index contributed by atoms with van der Waals surface area (Å²) in [5.74, 6) is -0.158. The van der Waals surface area contributed by atoms with Crippen LogP contribution < -0.4 is 5.32 Å². The quantitative estimate of drug-likeness (QED) is 0.629. The lowest BCUT2D eigenvalue weighted by molar-refractivity contribution is -0.140. The number of rotatable bonds is 1. The van der Waals surface area contributed by atoms with Gasteiger partial charge in [-0.3, -0.25) is 4.79 Å². The Morgan fingerprint density at radius 2 is 2.27 bits per heavy atom. The SMILES string of the molecule is CC1CCN[C@H](C(=O)O)C1.Cl. The highest BCUT2D eigenvalue weighted by atomic mass is 35.5. The number of aliphatic carboxylic acids is 1. The van der Waals surface area contributed by atoms with Crippen molar-refractivity contribution in [3.63, 3.8) is 0 Å². The molecule has 2 atom stereocenters. The number of hydrogen-bond donors (Lipinski definition) is 2. The predicted molar refractivity (Wildman–Crippen MR) is 45.1 cm³/mol. The monoisotopic (exact) mass is 179 g/mol. The summed E-state index contributed by atoms with van der Waals surface area (Å²) in [7, 11) is 0. The van der Waals surface area contributed by atoms with Crippen molar-refractivity contribution < 1.29 is 9.90 Å². The molecule has 1 fully saturated rings. The lowest BCUT2D eigenvalue weighted by Gasteiger charge is -2.24. The molecule has 0 aromatic rings. The van der Waals surface area contributed by atoms with Crippen LogP contribution in [0.15, 0.2) is 0 Å². The molecule has 0 bridgehead atoms. The van der Waals surface area contributed by atoms with E-state index < -0.39 is 5.97 Å². The number of nitrogens with one attached hydrogen (secondary N) is 1. The van der Waals surface area contributed by atoms with Gasteiger partial charge in [-0.2, -0.15) is 0 Å². The summed E-state index contributed by atoms with van der Waals surface area (Å²) in [5, 5.41) is 11.5. The summed E-state index contributed by atoms with van der Waals surface area (Å²) in [6, 6.07) is -0.302. The van der Waals surface area contributed by atoms with Crippen molar-refractivity contribution in [2.24, 2.45) is 5.92 Å². The smallest absolute Gasteiger partial charge is 0.320 e. The topological polar surface area (TPSA) is 49.3 Å². The fourth-order valence-corrected chi connectivity index (χ4v) is 1.30. The van der Waals surface area contributed by atoms with Crippen LogP contribution in [-0.4, -0.2) is 23.7 Å². The molecule has 3 nitrogen and oxygen atoms in total. The van der Waals surface area contributed by atoms with Gasteiger partial charge in [0.2, 0.25) is 0 Å². The molecule has 0 aromatic heterocycles. The number of halogens is 1. The largest absolute Gasteiger partial charge is 0.480 e. The fraction of sp³-hybridized carbons (Fsp3) is 0.857. The van der Waals surface area contributed by atoms with E-state index >= 15 is 0 Å². The number of carboxylic acids is 1. The molecular weight excluding hydrogens is 166 g/mol. The van der Waals surface area contributed by atoms with E-state index in [0.717, 1.165) is 19.4 Å². The maximum atomic E-state index is 10.4. The van der Waals surface area contributed by atoms with Gasteiger partial charge in [-0.25, -0.2) is 0 Å². The second-order valence-electron chi connectivity index (χ2n) is 2.97. The van der Waals surface area contributed by atoms with Crippen LogP contribution in [0.1, 0.15) is 19.8 Å². The van der Waals surface area contributed by atoms with Crippen molar-refractivity contribution >= 4 is 18.4 Å². The highest BCUT2D eigenvalue weighted by Gasteiger charge is 2.23. The van der Waals surface area contributed by atoms with Crippen molar-refractivity contribution in [2.45, 2.75) is 25.8 Å². The lowest BCUT2D eigenvalue weighted by atomic mass is 9.94. The molecule has 1 aliphatic heterocycles. The molecule has 4 heteroatoms. The van der Waals surface area contributed by atoms with Crippen LogP contribution >= 0.6 is 12.4 Å². The Kier molecular flexibility index (Phi) is 4.45. The van der Waals surface area contributed by atoms with Gasteiger partial charge in [0.25, 0.3) is 0 Å². The van der Waals surface area contributed by atoms with Crippen LogP contribution in [0.2, 0.25) is 0 Å². The van der Waals surface area contributed by atoms with E-state index in [-0.39, 0.29) is 18.4 Å². The van der Waals surface area contributed by atoms with E-state index in [1.165, 1.54) is 0 Å². The Morgan fingerprint density at radius 3 is 2.64 bits per heavy atom. The highest BCUT2D eigenvalue weighted by Crippen LogP contribution is 2.14. The first-order valence-corrected chi connectivity index (χ1v) is 3.66. The molecule has 1 saturated heterocycles. The van der Waals surface area contributed by atoms with Crippen LogP contribution in [0, 0.1) is 5.92 Å². The van der Waals surface area contributed by atoms with Gasteiger partial charge < -0.3 is 10.4 Å². The van der Waals surface area contributed by atoms with E-state index in [9.17, 15) is 4.79 Å². The normalized spacial score (nSPS) is 30.6. The summed E-state index contributed by atoms with van der Waals surface area (Å²) in [5.41, 5.74) is 0. The van der Waals surface area contributed by atoms with Crippen LogP contribution in [-0.2, 0) is 4.79 Å². The first-order chi connectivity index (χ1) is 4.70. The molecule has 1 aliphatic rings. The number of hydrogen-bond acceptors (Lipinski definition) is 2. The van der Waals surface area contributed by atoms with Gasteiger partial charge in [-0.15, -0.1) is 12.4 Å². The van der Waals surface area contributed by atoms with Crippen molar-refractivity contribution in [1.29, 1.82) is 0 Å². The Bertz CT molecular complexity index is 140. The Balaban J connectivity index is 0.000001000. The average molecular weight is 180 g/mol. The molecule has 0 radical (unpaired) electrons. The zero-order valence-corrected chi connectivity index (χ0v) is 7.36. The average Bonchev–Trinajstić information content (AvgIpc) is 1.88.